The highest BCUT2D eigenvalue weighted by Gasteiger charge is 2.09. The summed E-state index contributed by atoms with van der Waals surface area (Å²) in [6.45, 7) is 0.829. The fraction of sp³-hybridized carbons (Fsp3) is 0.500. The zero-order valence-corrected chi connectivity index (χ0v) is 10.1. The smallest absolute Gasteiger partial charge is 0.274 e. The first-order chi connectivity index (χ1) is 8.63. The normalized spacial score (nSPS) is 10.3. The molecular weight excluding hydrogens is 239 g/mol. The predicted molar refractivity (Wildman–Crippen MR) is 67.1 cm³/mol. The van der Waals surface area contributed by atoms with Crippen LogP contribution in [-0.4, -0.2) is 23.2 Å². The molecule has 2 N–H and O–H groups in total. The predicted octanol–water partition coefficient (Wildman–Crippen LogP) is 2.70. The number of nitrogens with one attached hydrogen (secondary N) is 1. The molecule has 0 amide bonds. The molecule has 5 nitrogen and oxygen atoms in total. The Morgan fingerprint density at radius 1 is 1.22 bits per heavy atom. The van der Waals surface area contributed by atoms with Gasteiger partial charge in [-0.25, -0.2) is 4.39 Å². The Bertz CT molecular complexity index is 399. The van der Waals surface area contributed by atoms with Crippen LogP contribution in [0.15, 0.2) is 18.2 Å². The first kappa shape index (κ1) is 14.4. The van der Waals surface area contributed by atoms with Gasteiger partial charge in [-0.1, -0.05) is 12.8 Å². The number of nitro groups is 1. The van der Waals surface area contributed by atoms with Crippen molar-refractivity contribution in [3.8, 4) is 0 Å². The summed E-state index contributed by atoms with van der Waals surface area (Å²) in [6.07, 6.45) is 3.57. The van der Waals surface area contributed by atoms with E-state index in [4.69, 9.17) is 5.11 Å². The fourth-order valence-corrected chi connectivity index (χ4v) is 1.60. The number of non-ortho nitro benzene ring substituents is 1. The lowest BCUT2D eigenvalue weighted by Crippen LogP contribution is -2.02. The minimum atomic E-state index is -0.619. The molecule has 0 aromatic heterocycles. The van der Waals surface area contributed by atoms with E-state index in [2.05, 4.69) is 5.32 Å². The minimum absolute atomic E-state index is 0.198. The first-order valence-electron chi connectivity index (χ1n) is 5.93. The first-order valence-corrected chi connectivity index (χ1v) is 5.93. The van der Waals surface area contributed by atoms with Gasteiger partial charge in [0.2, 0.25) is 0 Å². The second-order valence-corrected chi connectivity index (χ2v) is 4.02. The van der Waals surface area contributed by atoms with Gasteiger partial charge in [0, 0.05) is 24.9 Å². The Hall–Kier alpha value is -1.69. The van der Waals surface area contributed by atoms with Crippen molar-refractivity contribution in [2.24, 2.45) is 0 Å². The Morgan fingerprint density at radius 3 is 2.61 bits per heavy atom. The lowest BCUT2D eigenvalue weighted by atomic mass is 10.2. The summed E-state index contributed by atoms with van der Waals surface area (Å²) < 4.78 is 13.1. The molecule has 0 aliphatic rings. The number of aliphatic hydroxyl groups is 1. The molecule has 100 valence electrons. The number of hydrogen-bond acceptors (Lipinski definition) is 4. The molecular formula is C12H17FN2O3. The van der Waals surface area contributed by atoms with E-state index in [9.17, 15) is 14.5 Å². The number of hydrogen-bond donors (Lipinski definition) is 2. The van der Waals surface area contributed by atoms with E-state index >= 15 is 0 Å². The van der Waals surface area contributed by atoms with E-state index in [1.54, 1.807) is 0 Å². The Morgan fingerprint density at radius 2 is 1.94 bits per heavy atom. The van der Waals surface area contributed by atoms with Gasteiger partial charge in [0.05, 0.1) is 11.0 Å². The summed E-state index contributed by atoms with van der Waals surface area (Å²) in [4.78, 5) is 9.93. The number of benzene rings is 1. The van der Waals surface area contributed by atoms with Gasteiger partial charge in [-0.15, -0.1) is 0 Å². The third-order valence-corrected chi connectivity index (χ3v) is 2.51. The van der Waals surface area contributed by atoms with Gasteiger partial charge in [0.25, 0.3) is 5.69 Å². The molecule has 0 spiro atoms. The number of halogens is 1. The topological polar surface area (TPSA) is 75.4 Å². The number of unbranched alkanes of at least 4 members (excludes halogenated alkanes) is 3. The molecule has 0 saturated carbocycles. The molecule has 0 radical (unpaired) electrons. The SMILES string of the molecule is O=[N+]([O-])c1cc(F)cc(NCCCCCCO)c1. The molecule has 0 atom stereocenters. The molecule has 0 aliphatic heterocycles. The van der Waals surface area contributed by atoms with Gasteiger partial charge in [-0.2, -0.15) is 0 Å². The summed E-state index contributed by atoms with van der Waals surface area (Å²) in [7, 11) is 0. The number of anilines is 1. The van der Waals surface area contributed by atoms with Gasteiger partial charge in [0.1, 0.15) is 5.82 Å². The van der Waals surface area contributed by atoms with E-state index in [1.165, 1.54) is 12.1 Å². The molecule has 0 fully saturated rings. The summed E-state index contributed by atoms with van der Waals surface area (Å²) in [6, 6.07) is 3.45. The van der Waals surface area contributed by atoms with Crippen LogP contribution in [0.1, 0.15) is 25.7 Å². The number of nitrogens with zero attached hydrogens (tertiary/aromatic N) is 1. The average molecular weight is 256 g/mol. The van der Waals surface area contributed by atoms with Crippen molar-refractivity contribution in [1.29, 1.82) is 0 Å². The van der Waals surface area contributed by atoms with Crippen molar-refractivity contribution in [2.75, 3.05) is 18.5 Å². The second-order valence-electron chi connectivity index (χ2n) is 4.02. The lowest BCUT2D eigenvalue weighted by Gasteiger charge is -2.06. The van der Waals surface area contributed by atoms with Crippen molar-refractivity contribution < 1.29 is 14.4 Å². The van der Waals surface area contributed by atoms with Crippen LogP contribution in [0, 0.1) is 15.9 Å². The van der Waals surface area contributed by atoms with Crippen molar-refractivity contribution >= 4 is 11.4 Å². The van der Waals surface area contributed by atoms with Gasteiger partial charge >= 0.3 is 0 Å². The van der Waals surface area contributed by atoms with Crippen LogP contribution >= 0.6 is 0 Å². The Kier molecular flexibility index (Phi) is 6.07. The van der Waals surface area contributed by atoms with Gasteiger partial charge in [-0.05, 0) is 18.9 Å². The largest absolute Gasteiger partial charge is 0.396 e. The molecule has 0 unspecified atom stereocenters. The fourth-order valence-electron chi connectivity index (χ4n) is 1.60. The maximum absolute atomic E-state index is 13.1. The zero-order chi connectivity index (χ0) is 13.4. The highest BCUT2D eigenvalue weighted by atomic mass is 19.1. The molecule has 0 saturated heterocycles. The van der Waals surface area contributed by atoms with Crippen LogP contribution in [0.3, 0.4) is 0 Å². The van der Waals surface area contributed by atoms with Crippen LogP contribution in [0.5, 0.6) is 0 Å². The van der Waals surface area contributed by atoms with E-state index in [0.29, 0.717) is 12.2 Å². The summed E-state index contributed by atoms with van der Waals surface area (Å²) >= 11 is 0. The maximum atomic E-state index is 13.1. The van der Waals surface area contributed by atoms with Crippen molar-refractivity contribution in [2.45, 2.75) is 25.7 Å². The van der Waals surface area contributed by atoms with Crippen LogP contribution < -0.4 is 5.32 Å². The molecule has 0 heterocycles. The van der Waals surface area contributed by atoms with Gasteiger partial charge < -0.3 is 10.4 Å². The standard InChI is InChI=1S/C12H17FN2O3/c13-10-7-11(9-12(8-10)15(17)18)14-5-3-1-2-4-6-16/h7-9,14,16H,1-6H2. The van der Waals surface area contributed by atoms with Gasteiger partial charge in [-0.3, -0.25) is 10.1 Å². The van der Waals surface area contributed by atoms with Crippen molar-refractivity contribution in [1.82, 2.24) is 0 Å². The molecule has 6 heteroatoms. The van der Waals surface area contributed by atoms with E-state index in [-0.39, 0.29) is 12.3 Å². The summed E-state index contributed by atoms with van der Waals surface area (Å²) in [5, 5.41) is 22.1. The highest BCUT2D eigenvalue weighted by molar-refractivity contribution is 5.51. The average Bonchev–Trinajstić information content (AvgIpc) is 2.33. The number of nitro benzene ring substituents is 1. The molecule has 0 bridgehead atoms. The monoisotopic (exact) mass is 256 g/mol. The molecule has 1 rings (SSSR count). The summed E-state index contributed by atoms with van der Waals surface area (Å²) in [5.74, 6) is -0.619. The third kappa shape index (κ3) is 5.09. The number of rotatable bonds is 8. The van der Waals surface area contributed by atoms with Gasteiger partial charge in [0.15, 0.2) is 0 Å². The molecule has 18 heavy (non-hydrogen) atoms. The number of aliphatic hydroxyl groups excluding tert-OH is 1. The Labute approximate surface area is 105 Å². The van der Waals surface area contributed by atoms with E-state index in [1.807, 2.05) is 0 Å². The maximum Gasteiger partial charge on any atom is 0.274 e. The van der Waals surface area contributed by atoms with Crippen LogP contribution in [0.2, 0.25) is 0 Å². The molecule has 1 aromatic rings. The second kappa shape index (κ2) is 7.60. The molecule has 1 aromatic carbocycles. The minimum Gasteiger partial charge on any atom is -0.396 e. The lowest BCUT2D eigenvalue weighted by molar-refractivity contribution is -0.385. The third-order valence-electron chi connectivity index (χ3n) is 2.51. The molecule has 0 aliphatic carbocycles. The van der Waals surface area contributed by atoms with Crippen molar-refractivity contribution in [3.05, 3.63) is 34.1 Å². The zero-order valence-electron chi connectivity index (χ0n) is 10.1. The van der Waals surface area contributed by atoms with Crippen LogP contribution in [0.25, 0.3) is 0 Å². The summed E-state index contributed by atoms with van der Waals surface area (Å²) in [5.41, 5.74) is 0.168. The quantitative estimate of drug-likeness (QED) is 0.426. The van der Waals surface area contributed by atoms with Crippen molar-refractivity contribution in [3.63, 3.8) is 0 Å². The Balaban J connectivity index is 2.40. The van der Waals surface area contributed by atoms with E-state index in [0.717, 1.165) is 31.7 Å². The van der Waals surface area contributed by atoms with E-state index < -0.39 is 10.7 Å². The van der Waals surface area contributed by atoms with Crippen LogP contribution in [-0.2, 0) is 0 Å². The van der Waals surface area contributed by atoms with Crippen LogP contribution in [0.4, 0.5) is 15.8 Å². The highest BCUT2D eigenvalue weighted by Crippen LogP contribution is 2.20.